The Hall–Kier alpha value is -2.53. The molecule has 0 amide bonds. The van der Waals surface area contributed by atoms with Crippen molar-refractivity contribution >= 4 is 11.7 Å². The summed E-state index contributed by atoms with van der Waals surface area (Å²) < 4.78 is 10.9. The normalized spacial score (nSPS) is 20.6. The molecule has 0 radical (unpaired) electrons. The van der Waals surface area contributed by atoms with Crippen molar-refractivity contribution in [2.75, 3.05) is 38.2 Å². The largest absolute Gasteiger partial charge is 0.497 e. The van der Waals surface area contributed by atoms with Gasteiger partial charge in [-0.15, -0.1) is 0 Å². The third-order valence-corrected chi connectivity index (χ3v) is 4.88. The van der Waals surface area contributed by atoms with Gasteiger partial charge in [0, 0.05) is 11.8 Å². The van der Waals surface area contributed by atoms with E-state index in [1.165, 1.54) is 10.6 Å². The van der Waals surface area contributed by atoms with Gasteiger partial charge in [0.25, 0.3) is 6.23 Å². The highest BCUT2D eigenvalue weighted by Gasteiger charge is 2.39. The van der Waals surface area contributed by atoms with Crippen LogP contribution >= 0.6 is 0 Å². The standard InChI is InChI=1S/C19H20N2O3/c1-23-15-6-4-5-14(13-15)20-9-11-21(12-10-20)18-16-7-2-3-8-17(16)19(22)24-18/h2-8,13,18H,9-12H2,1H3/p+1. The Labute approximate surface area is 141 Å². The number of nitrogens with zero attached hydrogens (tertiary/aromatic N) is 1. The van der Waals surface area contributed by atoms with Gasteiger partial charge in [-0.3, -0.25) is 4.90 Å². The monoisotopic (exact) mass is 325 g/mol. The van der Waals surface area contributed by atoms with E-state index in [-0.39, 0.29) is 12.2 Å². The summed E-state index contributed by atoms with van der Waals surface area (Å²) in [5.74, 6) is 0.680. The number of quaternary nitrogens is 1. The minimum atomic E-state index is -0.196. The van der Waals surface area contributed by atoms with Gasteiger partial charge in [-0.2, -0.15) is 0 Å². The molecule has 0 aromatic heterocycles. The van der Waals surface area contributed by atoms with Gasteiger partial charge in [0.2, 0.25) is 0 Å². The fraction of sp³-hybridized carbons (Fsp3) is 0.316. The lowest BCUT2D eigenvalue weighted by Gasteiger charge is -2.35. The van der Waals surface area contributed by atoms with Crippen LogP contribution in [-0.2, 0) is 4.74 Å². The van der Waals surface area contributed by atoms with Crippen molar-refractivity contribution in [3.05, 3.63) is 59.7 Å². The van der Waals surface area contributed by atoms with E-state index in [1.54, 1.807) is 7.11 Å². The average molecular weight is 325 g/mol. The number of hydrogen-bond acceptors (Lipinski definition) is 4. The molecule has 1 fully saturated rings. The molecule has 0 aliphatic carbocycles. The number of benzene rings is 2. The second kappa shape index (κ2) is 6.17. The predicted octanol–water partition coefficient (Wildman–Crippen LogP) is 1.27. The first-order chi connectivity index (χ1) is 11.8. The SMILES string of the molecule is COc1cccc(N2CC[NH+](C3OC(=O)c4ccccc43)CC2)c1. The summed E-state index contributed by atoms with van der Waals surface area (Å²) >= 11 is 0. The molecule has 2 aliphatic heterocycles. The van der Waals surface area contributed by atoms with Gasteiger partial charge in [-0.25, -0.2) is 4.79 Å². The van der Waals surface area contributed by atoms with E-state index in [2.05, 4.69) is 17.0 Å². The number of fused-ring (bicyclic) bond motifs is 1. The lowest BCUT2D eigenvalue weighted by molar-refractivity contribution is -0.952. The summed E-state index contributed by atoms with van der Waals surface area (Å²) in [6.07, 6.45) is -0.166. The van der Waals surface area contributed by atoms with E-state index in [4.69, 9.17) is 9.47 Å². The summed E-state index contributed by atoms with van der Waals surface area (Å²) in [6.45, 7) is 3.73. The van der Waals surface area contributed by atoms with Gasteiger partial charge >= 0.3 is 5.97 Å². The number of hydrogen-bond donors (Lipinski definition) is 1. The van der Waals surface area contributed by atoms with Crippen LogP contribution < -0.4 is 14.5 Å². The van der Waals surface area contributed by atoms with Crippen molar-refractivity contribution in [2.45, 2.75) is 6.23 Å². The fourth-order valence-electron chi connectivity index (χ4n) is 3.57. The lowest BCUT2D eigenvalue weighted by Crippen LogP contribution is -3.15. The molecule has 2 heterocycles. The molecule has 1 N–H and O–H groups in total. The molecule has 1 unspecified atom stereocenters. The number of cyclic esters (lactones) is 1. The van der Waals surface area contributed by atoms with Crippen LogP contribution in [0.1, 0.15) is 22.1 Å². The summed E-state index contributed by atoms with van der Waals surface area (Å²) in [6, 6.07) is 15.9. The molecular weight excluding hydrogens is 304 g/mol. The maximum Gasteiger partial charge on any atom is 0.343 e. The van der Waals surface area contributed by atoms with E-state index < -0.39 is 0 Å². The fourth-order valence-corrected chi connectivity index (χ4v) is 3.57. The Morgan fingerprint density at radius 1 is 1.12 bits per heavy atom. The van der Waals surface area contributed by atoms with E-state index in [0.29, 0.717) is 5.56 Å². The number of nitrogens with one attached hydrogen (secondary N) is 1. The number of methoxy groups -OCH3 is 1. The Morgan fingerprint density at radius 3 is 2.71 bits per heavy atom. The number of piperazine rings is 1. The van der Waals surface area contributed by atoms with Crippen molar-refractivity contribution in [1.29, 1.82) is 0 Å². The molecule has 0 bridgehead atoms. The summed E-state index contributed by atoms with van der Waals surface area (Å²) in [4.78, 5) is 15.7. The molecule has 0 saturated carbocycles. The average Bonchev–Trinajstić information content (AvgIpc) is 2.99. The zero-order valence-electron chi connectivity index (χ0n) is 13.7. The molecule has 24 heavy (non-hydrogen) atoms. The van der Waals surface area contributed by atoms with Gasteiger partial charge in [-0.1, -0.05) is 18.2 Å². The third kappa shape index (κ3) is 2.61. The number of ether oxygens (including phenoxy) is 2. The number of carbonyl (C=O) groups is 1. The second-order valence-corrected chi connectivity index (χ2v) is 6.22. The van der Waals surface area contributed by atoms with Crippen LogP contribution in [-0.4, -0.2) is 39.3 Å². The number of esters is 1. The summed E-state index contributed by atoms with van der Waals surface area (Å²) in [5.41, 5.74) is 2.91. The van der Waals surface area contributed by atoms with Crippen LogP contribution in [0.5, 0.6) is 5.75 Å². The van der Waals surface area contributed by atoms with Crippen LogP contribution in [0.4, 0.5) is 5.69 Å². The van der Waals surface area contributed by atoms with Gasteiger partial charge in [0.1, 0.15) is 5.75 Å². The molecule has 124 valence electrons. The smallest absolute Gasteiger partial charge is 0.343 e. The van der Waals surface area contributed by atoms with Crippen LogP contribution in [0.3, 0.4) is 0 Å². The molecule has 5 nitrogen and oxygen atoms in total. The molecule has 2 aliphatic rings. The third-order valence-electron chi connectivity index (χ3n) is 4.88. The van der Waals surface area contributed by atoms with Crippen LogP contribution in [0, 0.1) is 0 Å². The van der Waals surface area contributed by atoms with Gasteiger partial charge < -0.3 is 14.4 Å². The van der Waals surface area contributed by atoms with Crippen LogP contribution in [0.15, 0.2) is 48.5 Å². The predicted molar refractivity (Wildman–Crippen MR) is 90.5 cm³/mol. The molecule has 1 atom stereocenters. The van der Waals surface area contributed by atoms with E-state index in [0.717, 1.165) is 37.5 Å². The topological polar surface area (TPSA) is 43.2 Å². The number of anilines is 1. The molecule has 2 aromatic carbocycles. The number of carbonyl (C=O) groups excluding carboxylic acids is 1. The highest BCUT2D eigenvalue weighted by atomic mass is 16.6. The van der Waals surface area contributed by atoms with Crippen molar-refractivity contribution in [3.63, 3.8) is 0 Å². The first kappa shape index (κ1) is 15.0. The number of rotatable bonds is 3. The van der Waals surface area contributed by atoms with Gasteiger partial charge in [0.05, 0.1) is 44.4 Å². The molecule has 5 heteroatoms. The van der Waals surface area contributed by atoms with Crippen molar-refractivity contribution in [3.8, 4) is 5.75 Å². The minimum absolute atomic E-state index is 0.166. The Morgan fingerprint density at radius 2 is 1.92 bits per heavy atom. The Kier molecular flexibility index (Phi) is 3.86. The Bertz CT molecular complexity index is 754. The van der Waals surface area contributed by atoms with Crippen LogP contribution in [0.2, 0.25) is 0 Å². The first-order valence-electron chi connectivity index (χ1n) is 8.30. The van der Waals surface area contributed by atoms with Crippen molar-refractivity contribution in [1.82, 2.24) is 0 Å². The zero-order chi connectivity index (χ0) is 16.5. The minimum Gasteiger partial charge on any atom is -0.497 e. The highest BCUT2D eigenvalue weighted by Crippen LogP contribution is 2.27. The van der Waals surface area contributed by atoms with Crippen molar-refractivity contribution < 1.29 is 19.2 Å². The highest BCUT2D eigenvalue weighted by molar-refractivity contribution is 5.93. The van der Waals surface area contributed by atoms with E-state index in [9.17, 15) is 4.79 Å². The lowest BCUT2D eigenvalue weighted by atomic mass is 10.1. The quantitative estimate of drug-likeness (QED) is 0.863. The molecule has 4 rings (SSSR count). The molecule has 2 aromatic rings. The van der Waals surface area contributed by atoms with Crippen LogP contribution in [0.25, 0.3) is 0 Å². The molecular formula is C19H21N2O3+. The van der Waals surface area contributed by atoms with Gasteiger partial charge in [-0.05, 0) is 24.3 Å². The molecule has 1 saturated heterocycles. The first-order valence-corrected chi connectivity index (χ1v) is 8.30. The summed E-state index contributed by atoms with van der Waals surface area (Å²) in [7, 11) is 1.69. The van der Waals surface area contributed by atoms with E-state index >= 15 is 0 Å². The van der Waals surface area contributed by atoms with E-state index in [1.807, 2.05) is 36.4 Å². The zero-order valence-corrected chi connectivity index (χ0v) is 13.7. The molecule has 0 spiro atoms. The maximum absolute atomic E-state index is 12.0. The Balaban J connectivity index is 1.46. The van der Waals surface area contributed by atoms with Gasteiger partial charge in [0.15, 0.2) is 0 Å². The second-order valence-electron chi connectivity index (χ2n) is 6.22. The maximum atomic E-state index is 12.0. The summed E-state index contributed by atoms with van der Waals surface area (Å²) in [5, 5.41) is 0. The van der Waals surface area contributed by atoms with Crippen molar-refractivity contribution in [2.24, 2.45) is 0 Å².